The molecule has 0 bridgehead atoms. The van der Waals surface area contributed by atoms with Gasteiger partial charge in [-0.05, 0) is 26.5 Å². The first-order chi connectivity index (χ1) is 12.6. The van der Waals surface area contributed by atoms with E-state index in [1.54, 1.807) is 0 Å². The van der Waals surface area contributed by atoms with Gasteiger partial charge in [-0.25, -0.2) is 4.79 Å². The number of fused-ring (bicyclic) bond motifs is 1. The number of carbonyl (C=O) groups is 1. The van der Waals surface area contributed by atoms with Gasteiger partial charge in [0.05, 0.1) is 13.1 Å². The molecule has 1 saturated heterocycles. The molecule has 1 spiro atoms. The predicted octanol–water partition coefficient (Wildman–Crippen LogP) is 2.48. The summed E-state index contributed by atoms with van der Waals surface area (Å²) >= 11 is 0. The van der Waals surface area contributed by atoms with Crippen LogP contribution >= 0.6 is 0 Å². The highest BCUT2D eigenvalue weighted by Crippen LogP contribution is 2.35. The van der Waals surface area contributed by atoms with Gasteiger partial charge in [0.2, 0.25) is 0 Å². The monoisotopic (exact) mass is 361 g/mol. The largest absolute Gasteiger partial charge is 0.485 e. The van der Waals surface area contributed by atoms with Crippen LogP contribution in [0.5, 0.6) is 5.75 Å². The maximum atomic E-state index is 12.8. The van der Waals surface area contributed by atoms with Gasteiger partial charge >= 0.3 is 6.03 Å². The number of amides is 2. The van der Waals surface area contributed by atoms with Crippen molar-refractivity contribution in [3.05, 3.63) is 29.8 Å². The summed E-state index contributed by atoms with van der Waals surface area (Å²) in [6.45, 7) is 7.21. The third-order valence-corrected chi connectivity index (χ3v) is 5.27. The van der Waals surface area contributed by atoms with Crippen LogP contribution in [0.15, 0.2) is 24.3 Å². The average Bonchev–Trinajstić information content (AvgIpc) is 2.81. The lowest BCUT2D eigenvalue weighted by atomic mass is 9.90. The van der Waals surface area contributed by atoms with Crippen molar-refractivity contribution in [2.75, 3.05) is 46.4 Å². The van der Waals surface area contributed by atoms with Crippen LogP contribution in [0.3, 0.4) is 0 Å². The second-order valence-corrected chi connectivity index (χ2v) is 7.33. The predicted molar refractivity (Wildman–Crippen MR) is 101 cm³/mol. The van der Waals surface area contributed by atoms with Gasteiger partial charge in [-0.3, -0.25) is 0 Å². The molecule has 6 nitrogen and oxygen atoms in total. The number of urea groups is 1. The molecule has 0 radical (unpaired) electrons. The van der Waals surface area contributed by atoms with Gasteiger partial charge in [0.15, 0.2) is 0 Å². The van der Waals surface area contributed by atoms with Crippen molar-refractivity contribution in [3.8, 4) is 5.75 Å². The van der Waals surface area contributed by atoms with Crippen LogP contribution in [0.25, 0.3) is 0 Å². The standard InChI is InChI=1S/C20H31N3O3/c1-3-25-14-6-11-21-19(24)23-15-17-7-4-5-8-18(17)26-20(16-23)9-12-22(2)13-10-20/h4-5,7-8H,3,6,9-16H2,1-2H3,(H,21,24). The van der Waals surface area contributed by atoms with Gasteiger partial charge in [-0.2, -0.15) is 0 Å². The Morgan fingerprint density at radius 2 is 2.08 bits per heavy atom. The molecule has 0 aromatic heterocycles. The zero-order chi connectivity index (χ0) is 18.4. The summed E-state index contributed by atoms with van der Waals surface area (Å²) in [4.78, 5) is 17.0. The van der Waals surface area contributed by atoms with Crippen molar-refractivity contribution < 1.29 is 14.3 Å². The number of hydrogen-bond acceptors (Lipinski definition) is 4. The summed E-state index contributed by atoms with van der Waals surface area (Å²) in [5, 5.41) is 3.04. The molecule has 1 aromatic carbocycles. The summed E-state index contributed by atoms with van der Waals surface area (Å²) in [6, 6.07) is 8.08. The molecule has 2 amide bonds. The van der Waals surface area contributed by atoms with Crippen molar-refractivity contribution in [1.29, 1.82) is 0 Å². The van der Waals surface area contributed by atoms with E-state index in [1.807, 2.05) is 30.0 Å². The minimum Gasteiger partial charge on any atom is -0.485 e. The molecule has 2 heterocycles. The van der Waals surface area contributed by atoms with Gasteiger partial charge in [-0.1, -0.05) is 18.2 Å². The number of likely N-dealkylation sites (tertiary alicyclic amines) is 1. The van der Waals surface area contributed by atoms with Gasteiger partial charge in [-0.15, -0.1) is 0 Å². The van der Waals surface area contributed by atoms with Gasteiger partial charge < -0.3 is 24.6 Å². The molecule has 0 saturated carbocycles. The molecule has 0 unspecified atom stereocenters. The van der Waals surface area contributed by atoms with Crippen molar-refractivity contribution in [2.24, 2.45) is 0 Å². The molecule has 2 aliphatic rings. The summed E-state index contributed by atoms with van der Waals surface area (Å²) in [7, 11) is 2.14. The number of hydrogen-bond donors (Lipinski definition) is 1. The molecule has 26 heavy (non-hydrogen) atoms. The molecule has 1 N–H and O–H groups in total. The van der Waals surface area contributed by atoms with Gasteiger partial charge in [0, 0.05) is 51.3 Å². The molecule has 0 atom stereocenters. The fraction of sp³-hybridized carbons (Fsp3) is 0.650. The SMILES string of the molecule is CCOCCCNC(=O)N1Cc2ccccc2OC2(CCN(C)CC2)C1. The van der Waals surface area contributed by atoms with Crippen LogP contribution < -0.4 is 10.1 Å². The number of para-hydroxylation sites is 1. The second kappa shape index (κ2) is 8.73. The van der Waals surface area contributed by atoms with Gasteiger partial charge in [0.25, 0.3) is 0 Å². The summed E-state index contributed by atoms with van der Waals surface area (Å²) in [5.74, 6) is 0.920. The second-order valence-electron chi connectivity index (χ2n) is 7.33. The summed E-state index contributed by atoms with van der Waals surface area (Å²) < 4.78 is 11.8. The highest BCUT2D eigenvalue weighted by molar-refractivity contribution is 5.74. The maximum Gasteiger partial charge on any atom is 0.317 e. The normalized spacial score (nSPS) is 19.5. The fourth-order valence-electron chi connectivity index (χ4n) is 3.66. The number of piperidine rings is 1. The van der Waals surface area contributed by atoms with Crippen molar-refractivity contribution in [3.63, 3.8) is 0 Å². The third kappa shape index (κ3) is 4.68. The first-order valence-corrected chi connectivity index (χ1v) is 9.68. The molecule has 1 aromatic rings. The number of benzene rings is 1. The molecule has 144 valence electrons. The maximum absolute atomic E-state index is 12.8. The summed E-state index contributed by atoms with van der Waals surface area (Å²) in [5.41, 5.74) is 0.787. The molecule has 3 rings (SSSR count). The van der Waals surface area contributed by atoms with Crippen LogP contribution in [0.1, 0.15) is 31.7 Å². The van der Waals surface area contributed by atoms with Crippen LogP contribution in [0.2, 0.25) is 0 Å². The lowest BCUT2D eigenvalue weighted by Crippen LogP contribution is -2.55. The Kier molecular flexibility index (Phi) is 6.38. The quantitative estimate of drug-likeness (QED) is 0.819. The van der Waals surface area contributed by atoms with Crippen LogP contribution in [-0.4, -0.2) is 67.9 Å². The first-order valence-electron chi connectivity index (χ1n) is 9.68. The molecular formula is C20H31N3O3. The Hall–Kier alpha value is -1.79. The highest BCUT2D eigenvalue weighted by Gasteiger charge is 2.41. The van der Waals surface area contributed by atoms with E-state index in [4.69, 9.17) is 9.47 Å². The van der Waals surface area contributed by atoms with E-state index in [1.165, 1.54) is 0 Å². The lowest BCUT2D eigenvalue weighted by Gasteiger charge is -2.41. The highest BCUT2D eigenvalue weighted by atomic mass is 16.5. The number of ether oxygens (including phenoxy) is 2. The Balaban J connectivity index is 1.69. The topological polar surface area (TPSA) is 54.0 Å². The molecule has 1 fully saturated rings. The molecule has 2 aliphatic heterocycles. The van der Waals surface area contributed by atoms with E-state index in [2.05, 4.69) is 23.3 Å². The summed E-state index contributed by atoms with van der Waals surface area (Å²) in [6.07, 6.45) is 2.70. The van der Waals surface area contributed by atoms with Crippen molar-refractivity contribution in [2.45, 2.75) is 38.3 Å². The zero-order valence-corrected chi connectivity index (χ0v) is 16.0. The van der Waals surface area contributed by atoms with E-state index in [0.717, 1.165) is 43.7 Å². The number of rotatable bonds is 5. The molecular weight excluding hydrogens is 330 g/mol. The van der Waals surface area contributed by atoms with Gasteiger partial charge in [0.1, 0.15) is 11.4 Å². The first kappa shape index (κ1) is 19.0. The van der Waals surface area contributed by atoms with E-state index < -0.39 is 0 Å². The third-order valence-electron chi connectivity index (χ3n) is 5.27. The number of nitrogens with zero attached hydrogens (tertiary/aromatic N) is 2. The molecule has 6 heteroatoms. The minimum absolute atomic E-state index is 0.0138. The Labute approximate surface area is 156 Å². The van der Waals surface area contributed by atoms with E-state index in [9.17, 15) is 4.79 Å². The smallest absolute Gasteiger partial charge is 0.317 e. The Morgan fingerprint density at radius 3 is 2.85 bits per heavy atom. The Morgan fingerprint density at radius 1 is 1.31 bits per heavy atom. The van der Waals surface area contributed by atoms with E-state index in [-0.39, 0.29) is 11.6 Å². The van der Waals surface area contributed by atoms with E-state index >= 15 is 0 Å². The van der Waals surface area contributed by atoms with Crippen molar-refractivity contribution in [1.82, 2.24) is 15.1 Å². The van der Waals surface area contributed by atoms with Crippen LogP contribution in [-0.2, 0) is 11.3 Å². The van der Waals surface area contributed by atoms with E-state index in [0.29, 0.717) is 32.8 Å². The minimum atomic E-state index is -0.290. The van der Waals surface area contributed by atoms with Crippen LogP contribution in [0, 0.1) is 0 Å². The average molecular weight is 361 g/mol. The van der Waals surface area contributed by atoms with Crippen molar-refractivity contribution >= 4 is 6.03 Å². The zero-order valence-electron chi connectivity index (χ0n) is 16.0. The molecule has 0 aliphatic carbocycles. The number of nitrogens with one attached hydrogen (secondary N) is 1. The lowest BCUT2D eigenvalue weighted by molar-refractivity contribution is -0.00569. The Bertz CT molecular complexity index is 600. The van der Waals surface area contributed by atoms with Crippen LogP contribution in [0.4, 0.5) is 4.79 Å². The number of carbonyl (C=O) groups excluding carboxylic acids is 1. The fourth-order valence-corrected chi connectivity index (χ4v) is 3.66.